The van der Waals surface area contributed by atoms with E-state index in [2.05, 4.69) is 20.3 Å². The van der Waals surface area contributed by atoms with Crippen LogP contribution in [0.5, 0.6) is 5.88 Å². The molecule has 1 aliphatic heterocycles. The third-order valence-electron chi connectivity index (χ3n) is 3.78. The molecule has 0 radical (unpaired) electrons. The van der Waals surface area contributed by atoms with Crippen LogP contribution in [-0.2, 0) is 7.05 Å². The van der Waals surface area contributed by atoms with Gasteiger partial charge in [-0.25, -0.2) is 9.67 Å². The first-order chi connectivity index (χ1) is 10.7. The second-order valence-corrected chi connectivity index (χ2v) is 5.24. The number of carbonyl (C=O) groups excluding carboxylic acids is 1. The number of amides is 1. The molecule has 2 aromatic heterocycles. The Morgan fingerprint density at radius 1 is 1.27 bits per heavy atom. The molecule has 3 rings (SSSR count). The van der Waals surface area contributed by atoms with Gasteiger partial charge in [-0.3, -0.25) is 4.79 Å². The summed E-state index contributed by atoms with van der Waals surface area (Å²) in [6.45, 7) is 2.14. The minimum Gasteiger partial charge on any atom is -0.481 e. The van der Waals surface area contributed by atoms with E-state index in [4.69, 9.17) is 4.74 Å². The second-order valence-electron chi connectivity index (χ2n) is 5.24. The largest absolute Gasteiger partial charge is 0.481 e. The van der Waals surface area contributed by atoms with Crippen molar-refractivity contribution in [3.05, 3.63) is 30.1 Å². The molecule has 1 N–H and O–H groups in total. The molecule has 1 fully saturated rings. The third-order valence-corrected chi connectivity index (χ3v) is 3.78. The number of carbonyl (C=O) groups is 1. The fraction of sp³-hybridized carbons (Fsp3) is 0.400. The molecule has 3 heterocycles. The van der Waals surface area contributed by atoms with Gasteiger partial charge in [0.25, 0.3) is 5.91 Å². The molecule has 22 heavy (non-hydrogen) atoms. The summed E-state index contributed by atoms with van der Waals surface area (Å²) in [5.41, 5.74) is 1.48. The maximum Gasteiger partial charge on any atom is 0.263 e. The minimum absolute atomic E-state index is 0.286. The van der Waals surface area contributed by atoms with Gasteiger partial charge < -0.3 is 15.0 Å². The third kappa shape index (κ3) is 2.74. The van der Waals surface area contributed by atoms with Crippen LogP contribution in [0.1, 0.15) is 23.2 Å². The van der Waals surface area contributed by atoms with Crippen LogP contribution in [0.15, 0.2) is 24.5 Å². The predicted octanol–water partition coefficient (Wildman–Crippen LogP) is 1.68. The van der Waals surface area contributed by atoms with Gasteiger partial charge in [0.2, 0.25) is 5.88 Å². The number of pyridine rings is 1. The molecule has 7 nitrogen and oxygen atoms in total. The molecule has 0 unspecified atom stereocenters. The zero-order valence-electron chi connectivity index (χ0n) is 12.7. The van der Waals surface area contributed by atoms with Crippen molar-refractivity contribution in [3.8, 4) is 5.88 Å². The molecule has 0 saturated carbocycles. The van der Waals surface area contributed by atoms with Gasteiger partial charge in [0, 0.05) is 20.1 Å². The van der Waals surface area contributed by atoms with Crippen molar-refractivity contribution in [2.24, 2.45) is 7.05 Å². The van der Waals surface area contributed by atoms with Crippen LogP contribution >= 0.6 is 0 Å². The number of methoxy groups -OCH3 is 1. The zero-order valence-corrected chi connectivity index (χ0v) is 12.7. The Morgan fingerprint density at radius 3 is 2.68 bits per heavy atom. The SMILES string of the molecule is COc1c(C(=O)Nc2ccc(N3CCCC3)cn2)cnn1C. The van der Waals surface area contributed by atoms with E-state index in [0.29, 0.717) is 17.3 Å². The first-order valence-corrected chi connectivity index (χ1v) is 7.27. The summed E-state index contributed by atoms with van der Waals surface area (Å²) in [4.78, 5) is 18.9. The Kier molecular flexibility index (Phi) is 3.95. The lowest BCUT2D eigenvalue weighted by atomic mass is 10.3. The molecule has 7 heteroatoms. The molecule has 1 aliphatic rings. The lowest BCUT2D eigenvalue weighted by Gasteiger charge is -2.17. The summed E-state index contributed by atoms with van der Waals surface area (Å²) in [6.07, 6.45) is 5.72. The quantitative estimate of drug-likeness (QED) is 0.930. The number of hydrogen-bond acceptors (Lipinski definition) is 5. The first-order valence-electron chi connectivity index (χ1n) is 7.27. The Bertz CT molecular complexity index is 659. The van der Waals surface area contributed by atoms with Crippen LogP contribution < -0.4 is 15.0 Å². The van der Waals surface area contributed by atoms with E-state index in [9.17, 15) is 4.79 Å². The molecule has 0 spiro atoms. The van der Waals surface area contributed by atoms with Crippen LogP contribution in [0.3, 0.4) is 0 Å². The zero-order chi connectivity index (χ0) is 15.5. The van der Waals surface area contributed by atoms with Crippen molar-refractivity contribution in [1.82, 2.24) is 14.8 Å². The summed E-state index contributed by atoms with van der Waals surface area (Å²) in [5.74, 6) is 0.649. The van der Waals surface area contributed by atoms with Gasteiger partial charge in [-0.2, -0.15) is 5.10 Å². The van der Waals surface area contributed by atoms with E-state index in [1.807, 2.05) is 12.1 Å². The number of aromatic nitrogens is 3. The average molecular weight is 301 g/mol. The Labute approximate surface area is 128 Å². The van der Waals surface area contributed by atoms with E-state index in [0.717, 1.165) is 18.8 Å². The van der Waals surface area contributed by atoms with Gasteiger partial charge in [0.15, 0.2) is 0 Å². The molecule has 1 saturated heterocycles. The summed E-state index contributed by atoms with van der Waals surface area (Å²) >= 11 is 0. The summed E-state index contributed by atoms with van der Waals surface area (Å²) in [6, 6.07) is 3.79. The highest BCUT2D eigenvalue weighted by molar-refractivity contribution is 6.05. The van der Waals surface area contributed by atoms with Crippen LogP contribution in [0.25, 0.3) is 0 Å². The van der Waals surface area contributed by atoms with E-state index in [1.54, 1.807) is 13.2 Å². The number of hydrogen-bond donors (Lipinski definition) is 1. The number of nitrogens with zero attached hydrogens (tertiary/aromatic N) is 4. The highest BCUT2D eigenvalue weighted by Gasteiger charge is 2.18. The van der Waals surface area contributed by atoms with Crippen LogP contribution in [0.2, 0.25) is 0 Å². The molecule has 0 atom stereocenters. The van der Waals surface area contributed by atoms with Crippen molar-refractivity contribution < 1.29 is 9.53 Å². The number of anilines is 2. The van der Waals surface area contributed by atoms with Crippen LogP contribution in [0.4, 0.5) is 11.5 Å². The highest BCUT2D eigenvalue weighted by Crippen LogP contribution is 2.21. The van der Waals surface area contributed by atoms with Gasteiger partial charge in [0.05, 0.1) is 25.2 Å². The Balaban J connectivity index is 1.71. The van der Waals surface area contributed by atoms with Gasteiger partial charge in [0.1, 0.15) is 11.4 Å². The topological polar surface area (TPSA) is 72.3 Å². The standard InChI is InChI=1S/C15H19N5O2/c1-19-15(22-2)12(10-17-19)14(21)18-13-6-5-11(9-16-13)20-7-3-4-8-20/h5-6,9-10H,3-4,7-8H2,1-2H3,(H,16,18,21). The predicted molar refractivity (Wildman–Crippen MR) is 83.4 cm³/mol. The van der Waals surface area contributed by atoms with E-state index in [1.165, 1.54) is 30.8 Å². The monoisotopic (exact) mass is 301 g/mol. The molecule has 116 valence electrons. The molecule has 1 amide bonds. The maximum atomic E-state index is 12.3. The smallest absolute Gasteiger partial charge is 0.263 e. The molecule has 0 bridgehead atoms. The fourth-order valence-electron chi connectivity index (χ4n) is 2.63. The molecular formula is C15H19N5O2. The van der Waals surface area contributed by atoms with Gasteiger partial charge >= 0.3 is 0 Å². The number of ether oxygens (including phenoxy) is 1. The maximum absolute atomic E-state index is 12.3. The Morgan fingerprint density at radius 2 is 2.05 bits per heavy atom. The summed E-state index contributed by atoms with van der Waals surface area (Å²) < 4.78 is 6.69. The highest BCUT2D eigenvalue weighted by atomic mass is 16.5. The van der Waals surface area contributed by atoms with Crippen molar-refractivity contribution in [2.75, 3.05) is 30.4 Å². The van der Waals surface area contributed by atoms with Gasteiger partial charge in [-0.1, -0.05) is 0 Å². The van der Waals surface area contributed by atoms with Crippen molar-refractivity contribution in [3.63, 3.8) is 0 Å². The lowest BCUT2D eigenvalue weighted by Crippen LogP contribution is -2.18. The average Bonchev–Trinajstić information content (AvgIpc) is 3.17. The number of nitrogens with one attached hydrogen (secondary N) is 1. The van der Waals surface area contributed by atoms with E-state index < -0.39 is 0 Å². The minimum atomic E-state index is -0.286. The summed E-state index contributed by atoms with van der Waals surface area (Å²) in [7, 11) is 3.23. The van der Waals surface area contributed by atoms with Gasteiger partial charge in [-0.15, -0.1) is 0 Å². The normalized spacial score (nSPS) is 14.2. The number of rotatable bonds is 4. The van der Waals surface area contributed by atoms with Gasteiger partial charge in [-0.05, 0) is 25.0 Å². The van der Waals surface area contributed by atoms with Crippen molar-refractivity contribution in [2.45, 2.75) is 12.8 Å². The molecule has 0 aliphatic carbocycles. The van der Waals surface area contributed by atoms with Crippen LogP contribution in [0, 0.1) is 0 Å². The second kappa shape index (κ2) is 6.05. The molecule has 0 aromatic carbocycles. The number of aryl methyl sites for hydroxylation is 1. The Hall–Kier alpha value is -2.57. The van der Waals surface area contributed by atoms with Crippen molar-refractivity contribution >= 4 is 17.4 Å². The van der Waals surface area contributed by atoms with Crippen LogP contribution in [-0.4, -0.2) is 40.9 Å². The summed E-state index contributed by atoms with van der Waals surface area (Å²) in [5, 5.41) is 6.78. The lowest BCUT2D eigenvalue weighted by molar-refractivity contribution is 0.102. The molecular weight excluding hydrogens is 282 g/mol. The van der Waals surface area contributed by atoms with Crippen molar-refractivity contribution in [1.29, 1.82) is 0 Å². The van der Waals surface area contributed by atoms with E-state index in [-0.39, 0.29) is 5.91 Å². The molecule has 2 aromatic rings. The fourth-order valence-corrected chi connectivity index (χ4v) is 2.63. The van der Waals surface area contributed by atoms with E-state index >= 15 is 0 Å². The first kappa shape index (κ1) is 14.4.